The van der Waals surface area contributed by atoms with Gasteiger partial charge in [-0.2, -0.15) is 0 Å². The smallest absolute Gasteiger partial charge is 0.237 e. The largest absolute Gasteiger partial charge is 0.376 e. The minimum Gasteiger partial charge on any atom is -0.376 e. The third-order valence-electron chi connectivity index (χ3n) is 4.96. The van der Waals surface area contributed by atoms with Gasteiger partial charge in [0.2, 0.25) is 5.91 Å². The fraction of sp³-hybridized carbons (Fsp3) is 0.941. The molecule has 2 fully saturated rings. The molecule has 2 rings (SSSR count). The van der Waals surface area contributed by atoms with Crippen molar-refractivity contribution in [2.75, 3.05) is 13.2 Å². The molecule has 1 amide bonds. The van der Waals surface area contributed by atoms with Gasteiger partial charge in [0.15, 0.2) is 0 Å². The zero-order valence-corrected chi connectivity index (χ0v) is 13.3. The molecule has 4 heteroatoms. The van der Waals surface area contributed by atoms with Crippen molar-refractivity contribution in [2.45, 2.75) is 82.8 Å². The third-order valence-corrected chi connectivity index (χ3v) is 4.96. The molecule has 2 aliphatic rings. The number of rotatable bonds is 7. The molecular weight excluding hydrogens is 264 g/mol. The maximum absolute atomic E-state index is 12.0. The molecule has 2 saturated carbocycles. The highest BCUT2D eigenvalue weighted by Gasteiger charge is 2.21. The second-order valence-electron chi connectivity index (χ2n) is 6.77. The average Bonchev–Trinajstić information content (AvgIpc) is 2.53. The zero-order valence-electron chi connectivity index (χ0n) is 13.3. The summed E-state index contributed by atoms with van der Waals surface area (Å²) in [4.78, 5) is 12.0. The van der Waals surface area contributed by atoms with Gasteiger partial charge < -0.3 is 15.8 Å². The molecule has 2 aliphatic carbocycles. The summed E-state index contributed by atoms with van der Waals surface area (Å²) in [6.07, 6.45) is 13.9. The quantitative estimate of drug-likeness (QED) is 0.710. The van der Waals surface area contributed by atoms with Gasteiger partial charge in [-0.15, -0.1) is 0 Å². The van der Waals surface area contributed by atoms with E-state index in [1.165, 1.54) is 64.2 Å². The fourth-order valence-electron chi connectivity index (χ4n) is 3.65. The number of ether oxygens (including phenoxy) is 1. The van der Waals surface area contributed by atoms with E-state index < -0.39 is 0 Å². The first kappa shape index (κ1) is 16.8. The Bertz CT molecular complexity index is 297. The number of carbonyl (C=O) groups is 1. The molecule has 0 radical (unpaired) electrons. The van der Waals surface area contributed by atoms with Crippen molar-refractivity contribution < 1.29 is 9.53 Å². The maximum atomic E-state index is 12.0. The van der Waals surface area contributed by atoms with Crippen molar-refractivity contribution in [2.24, 2.45) is 11.7 Å². The molecule has 0 bridgehead atoms. The van der Waals surface area contributed by atoms with Crippen LogP contribution < -0.4 is 11.1 Å². The lowest BCUT2D eigenvalue weighted by Crippen LogP contribution is -2.43. The Morgan fingerprint density at radius 1 is 1.05 bits per heavy atom. The monoisotopic (exact) mass is 296 g/mol. The summed E-state index contributed by atoms with van der Waals surface area (Å²) in [5, 5.41) is 2.92. The van der Waals surface area contributed by atoms with Crippen LogP contribution in [-0.2, 0) is 9.53 Å². The molecule has 0 aromatic carbocycles. The minimum atomic E-state index is -0.345. The first-order valence-electron chi connectivity index (χ1n) is 8.90. The minimum absolute atomic E-state index is 0.00665. The van der Waals surface area contributed by atoms with Gasteiger partial charge in [0.1, 0.15) is 0 Å². The van der Waals surface area contributed by atoms with Crippen LogP contribution in [0.25, 0.3) is 0 Å². The lowest BCUT2D eigenvalue weighted by Gasteiger charge is -2.24. The highest BCUT2D eigenvalue weighted by Crippen LogP contribution is 2.26. The standard InChI is InChI=1S/C17H32N2O2/c18-16(13-14-7-3-1-4-8-14)17(20)19-11-12-21-15-9-5-2-6-10-15/h14-16H,1-13,18H2,(H,19,20). The normalized spacial score (nSPS) is 22.9. The van der Waals surface area contributed by atoms with Crippen molar-refractivity contribution in [3.63, 3.8) is 0 Å². The molecule has 0 heterocycles. The number of amides is 1. The van der Waals surface area contributed by atoms with Crippen LogP contribution in [-0.4, -0.2) is 31.2 Å². The van der Waals surface area contributed by atoms with Crippen molar-refractivity contribution in [1.82, 2.24) is 5.32 Å². The van der Waals surface area contributed by atoms with E-state index in [1.54, 1.807) is 0 Å². The highest BCUT2D eigenvalue weighted by molar-refractivity contribution is 5.81. The molecule has 1 atom stereocenters. The molecule has 4 nitrogen and oxygen atoms in total. The van der Waals surface area contributed by atoms with E-state index in [4.69, 9.17) is 10.5 Å². The Balaban J connectivity index is 1.53. The van der Waals surface area contributed by atoms with Crippen LogP contribution in [0, 0.1) is 5.92 Å². The molecule has 1 unspecified atom stereocenters. The predicted octanol–water partition coefficient (Wildman–Crippen LogP) is 2.75. The van der Waals surface area contributed by atoms with Gasteiger partial charge in [-0.05, 0) is 25.2 Å². The summed E-state index contributed by atoms with van der Waals surface area (Å²) in [6, 6.07) is -0.345. The lowest BCUT2D eigenvalue weighted by molar-refractivity contribution is -0.123. The third kappa shape index (κ3) is 6.35. The number of hydrogen-bond donors (Lipinski definition) is 2. The van der Waals surface area contributed by atoms with E-state index in [1.807, 2.05) is 0 Å². The van der Waals surface area contributed by atoms with E-state index in [2.05, 4.69) is 5.32 Å². The fourth-order valence-corrected chi connectivity index (χ4v) is 3.65. The van der Waals surface area contributed by atoms with Gasteiger partial charge in [0.05, 0.1) is 18.8 Å². The van der Waals surface area contributed by atoms with Gasteiger partial charge in [0, 0.05) is 6.54 Å². The molecule has 0 aliphatic heterocycles. The van der Waals surface area contributed by atoms with Gasteiger partial charge in [-0.1, -0.05) is 51.4 Å². The zero-order chi connectivity index (χ0) is 14.9. The summed E-state index contributed by atoms with van der Waals surface area (Å²) >= 11 is 0. The Morgan fingerprint density at radius 2 is 1.67 bits per heavy atom. The summed E-state index contributed by atoms with van der Waals surface area (Å²) in [7, 11) is 0. The van der Waals surface area contributed by atoms with E-state index in [0.29, 0.717) is 25.2 Å². The lowest BCUT2D eigenvalue weighted by atomic mass is 9.85. The van der Waals surface area contributed by atoms with E-state index in [9.17, 15) is 4.79 Å². The first-order chi connectivity index (χ1) is 10.3. The molecule has 122 valence electrons. The number of nitrogens with two attached hydrogens (primary N) is 1. The maximum Gasteiger partial charge on any atom is 0.237 e. The van der Waals surface area contributed by atoms with Crippen LogP contribution in [0.4, 0.5) is 0 Å². The van der Waals surface area contributed by atoms with Crippen molar-refractivity contribution in [1.29, 1.82) is 0 Å². The predicted molar refractivity (Wildman–Crippen MR) is 85.0 cm³/mol. The molecule has 0 saturated heterocycles. The molecule has 0 aromatic rings. The van der Waals surface area contributed by atoms with Crippen LogP contribution in [0.3, 0.4) is 0 Å². The van der Waals surface area contributed by atoms with E-state index >= 15 is 0 Å². The molecule has 3 N–H and O–H groups in total. The highest BCUT2D eigenvalue weighted by atomic mass is 16.5. The summed E-state index contributed by atoms with van der Waals surface area (Å²) in [5.41, 5.74) is 6.02. The Hall–Kier alpha value is -0.610. The SMILES string of the molecule is NC(CC1CCCCC1)C(=O)NCCOC1CCCCC1. The summed E-state index contributed by atoms with van der Waals surface area (Å²) in [6.45, 7) is 1.21. The van der Waals surface area contributed by atoms with Gasteiger partial charge in [0.25, 0.3) is 0 Å². The second-order valence-corrected chi connectivity index (χ2v) is 6.77. The Labute approximate surface area is 129 Å². The van der Waals surface area contributed by atoms with Gasteiger partial charge >= 0.3 is 0 Å². The Kier molecular flexibility index (Phi) is 7.51. The summed E-state index contributed by atoms with van der Waals surface area (Å²) in [5.74, 6) is 0.644. The van der Waals surface area contributed by atoms with Crippen LogP contribution in [0.2, 0.25) is 0 Å². The van der Waals surface area contributed by atoms with E-state index in [-0.39, 0.29) is 11.9 Å². The summed E-state index contributed by atoms with van der Waals surface area (Å²) < 4.78 is 5.81. The Morgan fingerprint density at radius 3 is 2.33 bits per heavy atom. The number of carbonyl (C=O) groups excluding carboxylic acids is 1. The first-order valence-corrected chi connectivity index (χ1v) is 8.90. The molecule has 21 heavy (non-hydrogen) atoms. The molecular formula is C17H32N2O2. The van der Waals surface area contributed by atoms with Crippen LogP contribution in [0.5, 0.6) is 0 Å². The van der Waals surface area contributed by atoms with Gasteiger partial charge in [-0.3, -0.25) is 4.79 Å². The average molecular weight is 296 g/mol. The van der Waals surface area contributed by atoms with Crippen LogP contribution in [0.1, 0.15) is 70.6 Å². The second kappa shape index (κ2) is 9.42. The van der Waals surface area contributed by atoms with Crippen molar-refractivity contribution in [3.05, 3.63) is 0 Å². The van der Waals surface area contributed by atoms with Crippen LogP contribution >= 0.6 is 0 Å². The van der Waals surface area contributed by atoms with Crippen molar-refractivity contribution in [3.8, 4) is 0 Å². The van der Waals surface area contributed by atoms with Gasteiger partial charge in [-0.25, -0.2) is 0 Å². The molecule has 0 spiro atoms. The topological polar surface area (TPSA) is 64.4 Å². The van der Waals surface area contributed by atoms with E-state index in [0.717, 1.165) is 6.42 Å². The van der Waals surface area contributed by atoms with Crippen molar-refractivity contribution >= 4 is 5.91 Å². The van der Waals surface area contributed by atoms with Crippen LogP contribution in [0.15, 0.2) is 0 Å². The molecule has 0 aromatic heterocycles. The number of hydrogen-bond acceptors (Lipinski definition) is 3. The number of nitrogens with one attached hydrogen (secondary N) is 1.